The molecule has 0 radical (unpaired) electrons. The number of piperazine rings is 1. The molecule has 2 aromatic rings. The summed E-state index contributed by atoms with van der Waals surface area (Å²) in [6.45, 7) is 5.90. The van der Waals surface area contributed by atoms with Gasteiger partial charge in [-0.2, -0.15) is 0 Å². The molecule has 1 saturated heterocycles. The Balaban J connectivity index is 1.47. The molecule has 0 spiro atoms. The first-order chi connectivity index (χ1) is 11.2. The Morgan fingerprint density at radius 3 is 2.61 bits per heavy atom. The van der Waals surface area contributed by atoms with E-state index < -0.39 is 0 Å². The average molecular weight is 311 g/mol. The van der Waals surface area contributed by atoms with Crippen molar-refractivity contribution in [1.82, 2.24) is 15.0 Å². The highest BCUT2D eigenvalue weighted by Crippen LogP contribution is 2.10. The van der Waals surface area contributed by atoms with Crippen molar-refractivity contribution in [3.63, 3.8) is 0 Å². The normalized spacial score (nSPS) is 16.1. The van der Waals surface area contributed by atoms with Gasteiger partial charge in [-0.05, 0) is 12.5 Å². The summed E-state index contributed by atoms with van der Waals surface area (Å²) < 4.78 is 5.05. The highest BCUT2D eigenvalue weighted by Gasteiger charge is 2.24. The molecule has 120 valence electrons. The van der Waals surface area contributed by atoms with Gasteiger partial charge in [-0.25, -0.2) is 0 Å². The molecule has 0 N–H and O–H groups in total. The topological polar surface area (TPSA) is 49.6 Å². The van der Waals surface area contributed by atoms with Gasteiger partial charge in [0.2, 0.25) is 5.76 Å². The minimum atomic E-state index is -0.0647. The van der Waals surface area contributed by atoms with Gasteiger partial charge in [-0.15, -0.1) is 0 Å². The SMILES string of the molecule is Cc1cc(C(=O)N2CCN(C/C=C/c3ccccc3)CC2)on1. The molecule has 1 aromatic heterocycles. The van der Waals surface area contributed by atoms with E-state index in [4.69, 9.17) is 4.52 Å². The summed E-state index contributed by atoms with van der Waals surface area (Å²) in [6.07, 6.45) is 4.31. The van der Waals surface area contributed by atoms with Gasteiger partial charge in [-0.1, -0.05) is 47.6 Å². The second-order valence-corrected chi connectivity index (χ2v) is 5.74. The largest absolute Gasteiger partial charge is 0.351 e. The predicted molar refractivity (Wildman–Crippen MR) is 89.1 cm³/mol. The van der Waals surface area contributed by atoms with Gasteiger partial charge in [0, 0.05) is 38.8 Å². The average Bonchev–Trinajstić information content (AvgIpc) is 3.02. The molecule has 23 heavy (non-hydrogen) atoms. The van der Waals surface area contributed by atoms with Crippen LogP contribution in [0.1, 0.15) is 21.8 Å². The Hall–Kier alpha value is -2.40. The Kier molecular flexibility index (Phi) is 4.88. The Morgan fingerprint density at radius 1 is 1.22 bits per heavy atom. The highest BCUT2D eigenvalue weighted by molar-refractivity contribution is 5.91. The molecule has 1 fully saturated rings. The van der Waals surface area contributed by atoms with E-state index in [1.807, 2.05) is 30.0 Å². The fourth-order valence-electron chi connectivity index (χ4n) is 2.66. The first-order valence-corrected chi connectivity index (χ1v) is 7.89. The van der Waals surface area contributed by atoms with Crippen LogP contribution >= 0.6 is 0 Å². The van der Waals surface area contributed by atoms with Crippen LogP contribution in [0.3, 0.4) is 0 Å². The van der Waals surface area contributed by atoms with Crippen molar-refractivity contribution in [2.75, 3.05) is 32.7 Å². The van der Waals surface area contributed by atoms with Crippen molar-refractivity contribution in [3.8, 4) is 0 Å². The zero-order chi connectivity index (χ0) is 16.1. The molecule has 0 unspecified atom stereocenters. The zero-order valence-electron chi connectivity index (χ0n) is 13.3. The number of carbonyl (C=O) groups excluding carboxylic acids is 1. The molecular formula is C18H21N3O2. The Labute approximate surface area is 136 Å². The van der Waals surface area contributed by atoms with Gasteiger partial charge in [0.15, 0.2) is 0 Å². The number of carbonyl (C=O) groups is 1. The van der Waals surface area contributed by atoms with Crippen molar-refractivity contribution < 1.29 is 9.32 Å². The van der Waals surface area contributed by atoms with Crippen LogP contribution in [0.15, 0.2) is 47.0 Å². The standard InChI is InChI=1S/C18H21N3O2/c1-15-14-17(23-19-15)18(22)21-12-10-20(11-13-21)9-5-8-16-6-3-2-4-7-16/h2-8,14H,9-13H2,1H3/b8-5+. The van der Waals surface area contributed by atoms with E-state index in [9.17, 15) is 4.79 Å². The van der Waals surface area contributed by atoms with Crippen LogP contribution in [0.2, 0.25) is 0 Å². The summed E-state index contributed by atoms with van der Waals surface area (Å²) in [6, 6.07) is 12.0. The number of aryl methyl sites for hydroxylation is 1. The number of amides is 1. The minimum absolute atomic E-state index is 0.0647. The zero-order valence-corrected chi connectivity index (χ0v) is 13.3. The summed E-state index contributed by atoms with van der Waals surface area (Å²) in [4.78, 5) is 16.5. The highest BCUT2D eigenvalue weighted by atomic mass is 16.5. The van der Waals surface area contributed by atoms with Crippen molar-refractivity contribution in [2.24, 2.45) is 0 Å². The predicted octanol–water partition coefficient (Wildman–Crippen LogP) is 2.45. The minimum Gasteiger partial charge on any atom is -0.351 e. The monoisotopic (exact) mass is 311 g/mol. The fourth-order valence-corrected chi connectivity index (χ4v) is 2.66. The summed E-state index contributed by atoms with van der Waals surface area (Å²) in [5.41, 5.74) is 1.94. The van der Waals surface area contributed by atoms with Crippen LogP contribution in [0.4, 0.5) is 0 Å². The summed E-state index contributed by atoms with van der Waals surface area (Å²) in [7, 11) is 0. The van der Waals surface area contributed by atoms with E-state index in [1.165, 1.54) is 5.56 Å². The molecule has 2 heterocycles. The lowest BCUT2D eigenvalue weighted by molar-refractivity contribution is 0.0609. The van der Waals surface area contributed by atoms with E-state index in [0.29, 0.717) is 5.76 Å². The number of hydrogen-bond donors (Lipinski definition) is 0. The van der Waals surface area contributed by atoms with Crippen molar-refractivity contribution >= 4 is 12.0 Å². The van der Waals surface area contributed by atoms with Gasteiger partial charge in [0.1, 0.15) is 0 Å². The Bertz CT molecular complexity index is 671. The van der Waals surface area contributed by atoms with E-state index >= 15 is 0 Å². The number of aromatic nitrogens is 1. The lowest BCUT2D eigenvalue weighted by Crippen LogP contribution is -2.48. The van der Waals surface area contributed by atoms with E-state index in [0.717, 1.165) is 38.4 Å². The molecule has 0 aliphatic carbocycles. The molecule has 1 aliphatic heterocycles. The van der Waals surface area contributed by atoms with Gasteiger partial charge >= 0.3 is 0 Å². The maximum Gasteiger partial charge on any atom is 0.292 e. The van der Waals surface area contributed by atoms with Crippen LogP contribution < -0.4 is 0 Å². The molecule has 0 atom stereocenters. The van der Waals surface area contributed by atoms with Crippen LogP contribution in [-0.2, 0) is 0 Å². The Morgan fingerprint density at radius 2 is 1.96 bits per heavy atom. The third-order valence-corrected chi connectivity index (χ3v) is 3.97. The van der Waals surface area contributed by atoms with Gasteiger partial charge < -0.3 is 9.42 Å². The van der Waals surface area contributed by atoms with Crippen molar-refractivity contribution in [3.05, 3.63) is 59.5 Å². The quantitative estimate of drug-likeness (QED) is 0.870. The molecule has 5 heteroatoms. The van der Waals surface area contributed by atoms with Crippen LogP contribution in [0.5, 0.6) is 0 Å². The van der Waals surface area contributed by atoms with Crippen LogP contribution in [0.25, 0.3) is 6.08 Å². The number of nitrogens with zero attached hydrogens (tertiary/aromatic N) is 3. The van der Waals surface area contributed by atoms with Gasteiger partial charge in [-0.3, -0.25) is 9.69 Å². The van der Waals surface area contributed by atoms with Gasteiger partial charge in [0.05, 0.1) is 5.69 Å². The molecule has 0 saturated carbocycles. The third kappa shape index (κ3) is 4.07. The van der Waals surface area contributed by atoms with Crippen LogP contribution in [-0.4, -0.2) is 53.6 Å². The van der Waals surface area contributed by atoms with E-state index in [1.54, 1.807) is 6.07 Å². The van der Waals surface area contributed by atoms with Gasteiger partial charge in [0.25, 0.3) is 5.91 Å². The number of rotatable bonds is 4. The van der Waals surface area contributed by atoms with Crippen molar-refractivity contribution in [2.45, 2.75) is 6.92 Å². The second-order valence-electron chi connectivity index (χ2n) is 5.74. The molecule has 1 amide bonds. The lowest BCUT2D eigenvalue weighted by atomic mass is 10.2. The van der Waals surface area contributed by atoms with E-state index in [2.05, 4.69) is 34.3 Å². The lowest BCUT2D eigenvalue weighted by Gasteiger charge is -2.33. The fraction of sp³-hybridized carbons (Fsp3) is 0.333. The summed E-state index contributed by atoms with van der Waals surface area (Å²) in [5, 5.41) is 3.77. The molecule has 3 rings (SSSR count). The maximum absolute atomic E-state index is 12.3. The van der Waals surface area contributed by atoms with Crippen molar-refractivity contribution in [1.29, 1.82) is 0 Å². The molecule has 1 aromatic carbocycles. The molecule has 5 nitrogen and oxygen atoms in total. The smallest absolute Gasteiger partial charge is 0.292 e. The number of hydrogen-bond acceptors (Lipinski definition) is 4. The third-order valence-electron chi connectivity index (χ3n) is 3.97. The molecule has 1 aliphatic rings. The summed E-state index contributed by atoms with van der Waals surface area (Å²) >= 11 is 0. The van der Waals surface area contributed by atoms with Crippen LogP contribution in [0, 0.1) is 6.92 Å². The second kappa shape index (κ2) is 7.24. The van der Waals surface area contributed by atoms with E-state index in [-0.39, 0.29) is 5.91 Å². The maximum atomic E-state index is 12.3. The molecule has 0 bridgehead atoms. The number of benzene rings is 1. The first kappa shape index (κ1) is 15.5. The summed E-state index contributed by atoms with van der Waals surface area (Å²) in [5.74, 6) is 0.269. The molecular weight excluding hydrogens is 290 g/mol. The first-order valence-electron chi connectivity index (χ1n) is 7.89.